The van der Waals surface area contributed by atoms with Crippen LogP contribution in [0.25, 0.3) is 0 Å². The van der Waals surface area contributed by atoms with Crippen LogP contribution >= 0.6 is 28.1 Å². The van der Waals surface area contributed by atoms with Gasteiger partial charge in [-0.15, -0.1) is 0 Å². The lowest BCUT2D eigenvalue weighted by atomic mass is 10.2. The van der Waals surface area contributed by atoms with Gasteiger partial charge in [0.15, 0.2) is 5.11 Å². The molecule has 5 heteroatoms. The number of benzene rings is 2. The summed E-state index contributed by atoms with van der Waals surface area (Å²) in [6.07, 6.45) is 0. The molecule has 0 spiro atoms. The molecule has 0 bridgehead atoms. The molecule has 0 radical (unpaired) electrons. The largest absolute Gasteiger partial charge is 0.331 e. The molecule has 0 fully saturated rings. The molecule has 0 heterocycles. The minimum Gasteiger partial charge on any atom is -0.331 e. The molecule has 0 saturated carbocycles. The van der Waals surface area contributed by atoms with E-state index in [-0.39, 0.29) is 0 Å². The highest BCUT2D eigenvalue weighted by atomic mass is 79.9. The van der Waals surface area contributed by atoms with E-state index in [1.807, 2.05) is 55.5 Å². The van der Waals surface area contributed by atoms with Gasteiger partial charge in [-0.1, -0.05) is 46.3 Å². The maximum Gasteiger partial charge on any atom is 0.188 e. The Kier molecular flexibility index (Phi) is 5.11. The van der Waals surface area contributed by atoms with Crippen LogP contribution in [0.2, 0.25) is 0 Å². The average molecular weight is 350 g/mol. The monoisotopic (exact) mass is 349 g/mol. The lowest BCUT2D eigenvalue weighted by molar-refractivity contribution is 0.441. The van der Waals surface area contributed by atoms with Crippen molar-refractivity contribution < 1.29 is 0 Å². The molecule has 20 heavy (non-hydrogen) atoms. The second-order valence-electron chi connectivity index (χ2n) is 4.50. The molecular weight excluding hydrogens is 334 g/mol. The molecule has 3 N–H and O–H groups in total. The van der Waals surface area contributed by atoms with Crippen molar-refractivity contribution >= 4 is 38.9 Å². The van der Waals surface area contributed by atoms with Gasteiger partial charge in [0.1, 0.15) is 0 Å². The van der Waals surface area contributed by atoms with E-state index in [9.17, 15) is 0 Å². The number of hydrogen-bond acceptors (Lipinski definition) is 2. The predicted octanol–water partition coefficient (Wildman–Crippen LogP) is 3.83. The number of rotatable bonds is 3. The van der Waals surface area contributed by atoms with Crippen LogP contribution in [0.3, 0.4) is 0 Å². The van der Waals surface area contributed by atoms with Crippen molar-refractivity contribution in [2.45, 2.75) is 13.5 Å². The maximum atomic E-state index is 6.00. The van der Waals surface area contributed by atoms with Gasteiger partial charge in [0, 0.05) is 10.2 Å². The zero-order chi connectivity index (χ0) is 14.5. The van der Waals surface area contributed by atoms with E-state index >= 15 is 0 Å². The number of nitrogens with two attached hydrogens (primary N) is 1. The average Bonchev–Trinajstić information content (AvgIpc) is 2.43. The van der Waals surface area contributed by atoms with Crippen LogP contribution in [0.15, 0.2) is 53.0 Å². The summed E-state index contributed by atoms with van der Waals surface area (Å²) in [5.41, 5.74) is 3.18. The first kappa shape index (κ1) is 15.0. The molecular formula is C15H16BrN3S. The van der Waals surface area contributed by atoms with E-state index in [1.165, 1.54) is 5.01 Å². The zero-order valence-corrected chi connectivity index (χ0v) is 13.5. The van der Waals surface area contributed by atoms with Gasteiger partial charge >= 0.3 is 0 Å². The molecule has 0 saturated heterocycles. The highest BCUT2D eigenvalue weighted by Crippen LogP contribution is 2.20. The summed E-state index contributed by atoms with van der Waals surface area (Å²) < 4.78 is 1.04. The Morgan fingerprint density at radius 2 is 1.95 bits per heavy atom. The molecule has 2 aromatic carbocycles. The van der Waals surface area contributed by atoms with Crippen LogP contribution in [0.1, 0.15) is 11.1 Å². The first-order chi connectivity index (χ1) is 9.56. The number of halogens is 1. The van der Waals surface area contributed by atoms with Crippen molar-refractivity contribution in [1.82, 2.24) is 5.01 Å². The van der Waals surface area contributed by atoms with Gasteiger partial charge in [0.05, 0.1) is 6.54 Å². The Morgan fingerprint density at radius 1 is 1.25 bits per heavy atom. The van der Waals surface area contributed by atoms with E-state index in [2.05, 4.69) is 21.2 Å². The number of aryl methyl sites for hydroxylation is 1. The van der Waals surface area contributed by atoms with Crippen LogP contribution in [0, 0.1) is 6.92 Å². The molecule has 0 aliphatic rings. The molecule has 2 aromatic rings. The van der Waals surface area contributed by atoms with Crippen LogP contribution in [-0.4, -0.2) is 10.1 Å². The van der Waals surface area contributed by atoms with Gasteiger partial charge in [0.2, 0.25) is 0 Å². The summed E-state index contributed by atoms with van der Waals surface area (Å²) in [5, 5.41) is 5.20. The van der Waals surface area contributed by atoms with Crippen LogP contribution in [0.5, 0.6) is 0 Å². The smallest absolute Gasteiger partial charge is 0.188 e. The molecule has 2 rings (SSSR count). The second-order valence-corrected chi connectivity index (χ2v) is 5.81. The molecule has 0 aliphatic heterocycles. The van der Waals surface area contributed by atoms with Crippen molar-refractivity contribution in [3.63, 3.8) is 0 Å². The molecule has 104 valence electrons. The number of hydrogen-bond donors (Lipinski definition) is 2. The quantitative estimate of drug-likeness (QED) is 0.502. The maximum absolute atomic E-state index is 6.00. The third-order valence-electron chi connectivity index (χ3n) is 2.89. The third-order valence-corrected chi connectivity index (χ3v) is 3.72. The summed E-state index contributed by atoms with van der Waals surface area (Å²) in [6.45, 7) is 2.59. The van der Waals surface area contributed by atoms with Crippen LogP contribution in [0.4, 0.5) is 5.69 Å². The summed E-state index contributed by atoms with van der Waals surface area (Å²) in [7, 11) is 0. The van der Waals surface area contributed by atoms with Gasteiger partial charge in [-0.25, -0.2) is 5.84 Å². The minimum absolute atomic E-state index is 0.499. The van der Waals surface area contributed by atoms with Crippen molar-refractivity contribution in [1.29, 1.82) is 0 Å². The topological polar surface area (TPSA) is 41.3 Å². The summed E-state index contributed by atoms with van der Waals surface area (Å²) >= 11 is 8.77. The minimum atomic E-state index is 0.499. The van der Waals surface area contributed by atoms with Crippen LogP contribution < -0.4 is 11.2 Å². The van der Waals surface area contributed by atoms with Crippen molar-refractivity contribution in [3.8, 4) is 0 Å². The van der Waals surface area contributed by atoms with Gasteiger partial charge in [0.25, 0.3) is 0 Å². The van der Waals surface area contributed by atoms with Gasteiger partial charge < -0.3 is 5.32 Å². The third kappa shape index (κ3) is 4.03. The highest BCUT2D eigenvalue weighted by Gasteiger charge is 2.07. The molecule has 0 amide bonds. The molecule has 0 atom stereocenters. The van der Waals surface area contributed by atoms with E-state index in [1.54, 1.807) is 0 Å². The fraction of sp³-hybridized carbons (Fsp3) is 0.133. The Balaban J connectivity index is 2.01. The molecule has 0 aromatic heterocycles. The number of nitrogens with zero attached hydrogens (tertiary/aromatic N) is 1. The number of nitrogens with one attached hydrogen (secondary N) is 1. The van der Waals surface area contributed by atoms with E-state index < -0.39 is 0 Å². The standard InChI is InChI=1S/C15H16BrN3S/c1-11-9-13(16)7-8-14(11)18-15(20)19(17)10-12-5-3-2-4-6-12/h2-9H,10,17H2,1H3,(H,18,20). The SMILES string of the molecule is Cc1cc(Br)ccc1NC(=S)N(N)Cc1ccccc1. The summed E-state index contributed by atoms with van der Waals surface area (Å²) in [5.74, 6) is 6.00. The number of thiocarbonyl (C=S) groups is 1. The molecule has 3 nitrogen and oxygen atoms in total. The first-order valence-corrected chi connectivity index (χ1v) is 7.39. The fourth-order valence-electron chi connectivity index (χ4n) is 1.81. The Hall–Kier alpha value is -1.43. The fourth-order valence-corrected chi connectivity index (χ4v) is 2.46. The Morgan fingerprint density at radius 3 is 2.60 bits per heavy atom. The Bertz CT molecular complexity index is 601. The van der Waals surface area contributed by atoms with E-state index in [4.69, 9.17) is 18.1 Å². The summed E-state index contributed by atoms with van der Waals surface area (Å²) in [6, 6.07) is 16.0. The zero-order valence-electron chi connectivity index (χ0n) is 11.1. The Labute approximate surface area is 132 Å². The van der Waals surface area contributed by atoms with E-state index in [0.29, 0.717) is 11.7 Å². The first-order valence-electron chi connectivity index (χ1n) is 6.19. The van der Waals surface area contributed by atoms with Gasteiger partial charge in [-0.3, -0.25) is 5.01 Å². The lowest BCUT2D eigenvalue weighted by Gasteiger charge is -2.21. The normalized spacial score (nSPS) is 10.2. The predicted molar refractivity (Wildman–Crippen MR) is 91.3 cm³/mol. The summed E-state index contributed by atoms with van der Waals surface area (Å²) in [4.78, 5) is 0. The highest BCUT2D eigenvalue weighted by molar-refractivity contribution is 9.10. The number of anilines is 1. The molecule has 0 aliphatic carbocycles. The second kappa shape index (κ2) is 6.83. The van der Waals surface area contributed by atoms with Crippen molar-refractivity contribution in [2.75, 3.05) is 5.32 Å². The van der Waals surface area contributed by atoms with Gasteiger partial charge in [-0.2, -0.15) is 0 Å². The van der Waals surface area contributed by atoms with Crippen molar-refractivity contribution in [2.24, 2.45) is 5.84 Å². The van der Waals surface area contributed by atoms with Gasteiger partial charge in [-0.05, 0) is 48.5 Å². The lowest BCUT2D eigenvalue weighted by Crippen LogP contribution is -2.39. The number of hydrazine groups is 1. The van der Waals surface area contributed by atoms with E-state index in [0.717, 1.165) is 21.3 Å². The van der Waals surface area contributed by atoms with Crippen LogP contribution in [-0.2, 0) is 6.54 Å². The molecule has 0 unspecified atom stereocenters. The van der Waals surface area contributed by atoms with Crippen molar-refractivity contribution in [3.05, 3.63) is 64.1 Å².